The highest BCUT2D eigenvalue weighted by molar-refractivity contribution is 5.70. The van der Waals surface area contributed by atoms with Gasteiger partial charge in [-0.3, -0.25) is 9.55 Å². The molecule has 0 spiro atoms. The molecule has 7 heteroatoms. The summed E-state index contributed by atoms with van der Waals surface area (Å²) in [4.78, 5) is 24.5. The minimum absolute atomic E-state index is 0.164. The van der Waals surface area contributed by atoms with Gasteiger partial charge in [-0.1, -0.05) is 24.3 Å². The van der Waals surface area contributed by atoms with E-state index < -0.39 is 5.60 Å². The lowest BCUT2D eigenvalue weighted by molar-refractivity contribution is 0.0542. The number of ether oxygens (including phenoxy) is 1. The third-order valence-electron chi connectivity index (χ3n) is 5.94. The second kappa shape index (κ2) is 7.72. The van der Waals surface area contributed by atoms with Gasteiger partial charge in [0.15, 0.2) is 11.3 Å². The van der Waals surface area contributed by atoms with Gasteiger partial charge in [0, 0.05) is 19.2 Å². The van der Waals surface area contributed by atoms with E-state index in [-0.39, 0.29) is 5.69 Å². The molecule has 1 aliphatic carbocycles. The zero-order valence-corrected chi connectivity index (χ0v) is 17.2. The van der Waals surface area contributed by atoms with Gasteiger partial charge >= 0.3 is 5.69 Å². The maximum atomic E-state index is 12.5. The third kappa shape index (κ3) is 4.11. The Hall–Kier alpha value is -2.51. The normalized spacial score (nSPS) is 20.3. The van der Waals surface area contributed by atoms with E-state index in [0.717, 1.165) is 36.8 Å². The molecule has 0 aliphatic heterocycles. The van der Waals surface area contributed by atoms with Crippen LogP contribution in [0.4, 0.5) is 0 Å². The lowest BCUT2D eigenvalue weighted by Crippen LogP contribution is -2.27. The van der Waals surface area contributed by atoms with Crippen LogP contribution in [0.15, 0.2) is 35.3 Å². The number of hydrogen-bond donors (Lipinski definition) is 2. The average Bonchev–Trinajstić information content (AvgIpc) is 3.02. The largest absolute Gasteiger partial charge is 0.386 e. The molecule has 3 aromatic rings. The Labute approximate surface area is 169 Å². The standard InChI is InChI=1S/C22H28N4O3/c1-22(2,28)16-8-6-15(7-9-16)18-12-23-19-20(24-18)26(21(27)25-19)13-14-4-10-17(29-3)11-5-14/h6-9,12,14,17,28H,4-5,10-11,13H2,1-3H3,(H,23,25,27)/t14-,17-. The van der Waals surface area contributed by atoms with Crippen molar-refractivity contribution < 1.29 is 9.84 Å². The smallest absolute Gasteiger partial charge is 0.328 e. The zero-order chi connectivity index (χ0) is 20.6. The fourth-order valence-corrected chi connectivity index (χ4v) is 4.09. The lowest BCUT2D eigenvalue weighted by Gasteiger charge is -2.27. The second-order valence-electron chi connectivity index (χ2n) is 8.48. The van der Waals surface area contributed by atoms with E-state index in [1.807, 2.05) is 24.3 Å². The minimum Gasteiger partial charge on any atom is -0.386 e. The molecular formula is C22H28N4O3. The first kappa shape index (κ1) is 19.8. The molecule has 0 unspecified atom stereocenters. The first-order valence-corrected chi connectivity index (χ1v) is 10.2. The molecule has 4 rings (SSSR count). The van der Waals surface area contributed by atoms with Crippen LogP contribution >= 0.6 is 0 Å². The highest BCUT2D eigenvalue weighted by atomic mass is 16.5. The molecule has 154 valence electrons. The number of aromatic nitrogens is 4. The summed E-state index contributed by atoms with van der Waals surface area (Å²) in [5.74, 6) is 0.439. The summed E-state index contributed by atoms with van der Waals surface area (Å²) < 4.78 is 7.17. The van der Waals surface area contributed by atoms with E-state index in [1.165, 1.54) is 0 Å². The molecule has 0 saturated heterocycles. The molecule has 0 amide bonds. The van der Waals surface area contributed by atoms with Crippen LogP contribution in [0.5, 0.6) is 0 Å². The molecule has 7 nitrogen and oxygen atoms in total. The summed E-state index contributed by atoms with van der Waals surface area (Å²) in [6.45, 7) is 4.16. The van der Waals surface area contributed by atoms with Crippen molar-refractivity contribution in [3.63, 3.8) is 0 Å². The maximum absolute atomic E-state index is 12.5. The van der Waals surface area contributed by atoms with Crippen LogP contribution in [0.25, 0.3) is 22.6 Å². The van der Waals surface area contributed by atoms with Crippen LogP contribution in [0.2, 0.25) is 0 Å². The van der Waals surface area contributed by atoms with Crippen LogP contribution in [0.3, 0.4) is 0 Å². The van der Waals surface area contributed by atoms with E-state index in [2.05, 4.69) is 9.97 Å². The molecule has 29 heavy (non-hydrogen) atoms. The summed E-state index contributed by atoms with van der Waals surface area (Å²) in [5, 5.41) is 10.1. The Morgan fingerprint density at radius 3 is 2.52 bits per heavy atom. The van der Waals surface area contributed by atoms with Crippen LogP contribution in [0.1, 0.15) is 45.1 Å². The van der Waals surface area contributed by atoms with Gasteiger partial charge in [0.05, 0.1) is 23.6 Å². The number of nitrogens with zero attached hydrogens (tertiary/aromatic N) is 3. The molecule has 0 bridgehead atoms. The van der Waals surface area contributed by atoms with E-state index in [1.54, 1.807) is 31.7 Å². The first-order chi connectivity index (χ1) is 13.8. The summed E-state index contributed by atoms with van der Waals surface area (Å²) in [7, 11) is 1.76. The van der Waals surface area contributed by atoms with E-state index in [0.29, 0.717) is 35.6 Å². The molecule has 2 aromatic heterocycles. The van der Waals surface area contributed by atoms with Crippen molar-refractivity contribution in [1.82, 2.24) is 19.5 Å². The third-order valence-corrected chi connectivity index (χ3v) is 5.94. The number of imidazole rings is 1. The Morgan fingerprint density at radius 1 is 1.21 bits per heavy atom. The minimum atomic E-state index is -0.892. The fraction of sp³-hybridized carbons (Fsp3) is 0.500. The van der Waals surface area contributed by atoms with Crippen molar-refractivity contribution in [2.45, 2.75) is 57.8 Å². The summed E-state index contributed by atoms with van der Waals surface area (Å²) >= 11 is 0. The molecule has 1 fully saturated rings. The van der Waals surface area contributed by atoms with E-state index >= 15 is 0 Å². The van der Waals surface area contributed by atoms with Gasteiger partial charge in [0.1, 0.15) is 0 Å². The van der Waals surface area contributed by atoms with Crippen LogP contribution in [-0.2, 0) is 16.9 Å². The summed E-state index contributed by atoms with van der Waals surface area (Å²) in [5.41, 5.74) is 2.48. The fourth-order valence-electron chi connectivity index (χ4n) is 4.09. The average molecular weight is 396 g/mol. The summed E-state index contributed by atoms with van der Waals surface area (Å²) in [6, 6.07) is 7.62. The second-order valence-corrected chi connectivity index (χ2v) is 8.48. The van der Waals surface area contributed by atoms with Crippen molar-refractivity contribution in [2.75, 3.05) is 7.11 Å². The molecule has 2 heterocycles. The number of fused-ring (bicyclic) bond motifs is 1. The number of aromatic amines is 1. The van der Waals surface area contributed by atoms with Crippen molar-refractivity contribution in [3.05, 3.63) is 46.5 Å². The molecule has 0 atom stereocenters. The molecule has 1 aromatic carbocycles. The highest BCUT2D eigenvalue weighted by Crippen LogP contribution is 2.28. The predicted molar refractivity (Wildman–Crippen MR) is 112 cm³/mol. The molecule has 1 aliphatic rings. The van der Waals surface area contributed by atoms with Gasteiger partial charge in [-0.05, 0) is 51.0 Å². The van der Waals surface area contributed by atoms with Crippen molar-refractivity contribution in [2.24, 2.45) is 5.92 Å². The Morgan fingerprint density at radius 2 is 1.90 bits per heavy atom. The zero-order valence-electron chi connectivity index (χ0n) is 17.2. The highest BCUT2D eigenvalue weighted by Gasteiger charge is 2.23. The maximum Gasteiger partial charge on any atom is 0.328 e. The van der Waals surface area contributed by atoms with E-state index in [4.69, 9.17) is 9.72 Å². The number of rotatable bonds is 5. The van der Waals surface area contributed by atoms with Gasteiger partial charge in [0.25, 0.3) is 0 Å². The van der Waals surface area contributed by atoms with Gasteiger partial charge in [-0.15, -0.1) is 0 Å². The molecule has 2 N–H and O–H groups in total. The number of methoxy groups -OCH3 is 1. The van der Waals surface area contributed by atoms with Crippen molar-refractivity contribution in [1.29, 1.82) is 0 Å². The van der Waals surface area contributed by atoms with Gasteiger partial charge in [0.2, 0.25) is 0 Å². The predicted octanol–water partition coefficient (Wildman–Crippen LogP) is 3.22. The topological polar surface area (TPSA) is 93.0 Å². The van der Waals surface area contributed by atoms with Crippen molar-refractivity contribution >= 4 is 11.3 Å². The number of benzene rings is 1. The first-order valence-electron chi connectivity index (χ1n) is 10.2. The number of aliphatic hydroxyl groups is 1. The lowest BCUT2D eigenvalue weighted by atomic mass is 9.87. The van der Waals surface area contributed by atoms with Gasteiger partial charge in [-0.2, -0.15) is 0 Å². The molecule has 1 saturated carbocycles. The quantitative estimate of drug-likeness (QED) is 0.691. The SMILES string of the molecule is CO[C@H]1CC[C@H](Cn2c(=O)[nH]c3ncc(-c4ccc(C(C)(C)O)cc4)nc32)CC1. The number of nitrogens with one attached hydrogen (secondary N) is 1. The van der Waals surface area contributed by atoms with Crippen LogP contribution < -0.4 is 5.69 Å². The number of hydrogen-bond acceptors (Lipinski definition) is 5. The molecular weight excluding hydrogens is 368 g/mol. The monoisotopic (exact) mass is 396 g/mol. The Kier molecular flexibility index (Phi) is 5.27. The van der Waals surface area contributed by atoms with Gasteiger partial charge < -0.3 is 9.84 Å². The van der Waals surface area contributed by atoms with Crippen molar-refractivity contribution in [3.8, 4) is 11.3 Å². The Bertz CT molecular complexity index is 1040. The summed E-state index contributed by atoms with van der Waals surface area (Å²) in [6.07, 6.45) is 6.16. The van der Waals surface area contributed by atoms with Crippen LogP contribution in [-0.4, -0.2) is 37.8 Å². The molecule has 0 radical (unpaired) electrons. The Balaban J connectivity index is 1.62. The number of H-pyrrole nitrogens is 1. The van der Waals surface area contributed by atoms with E-state index in [9.17, 15) is 9.90 Å². The van der Waals surface area contributed by atoms with Crippen LogP contribution in [0, 0.1) is 5.92 Å². The van der Waals surface area contributed by atoms with Gasteiger partial charge in [-0.25, -0.2) is 14.8 Å².